The molecule has 2 atom stereocenters. The molecule has 2 aliphatic carbocycles. The third-order valence-electron chi connectivity index (χ3n) is 5.40. The summed E-state index contributed by atoms with van der Waals surface area (Å²) in [6, 6.07) is 0.785. The number of methoxy groups -OCH3 is 1. The number of nitrogens with one attached hydrogen (secondary N) is 1. The van der Waals surface area contributed by atoms with Crippen LogP contribution in [0.15, 0.2) is 0 Å². The molecule has 0 aromatic heterocycles. The maximum absolute atomic E-state index is 5.54. The SMILES string of the molecule is COC1CCC(N2CCCNC3(CCCC3)C2)C1. The van der Waals surface area contributed by atoms with Gasteiger partial charge in [-0.05, 0) is 51.6 Å². The second-order valence-corrected chi connectivity index (χ2v) is 6.56. The van der Waals surface area contributed by atoms with Gasteiger partial charge >= 0.3 is 0 Å². The zero-order chi connectivity index (χ0) is 12.4. The van der Waals surface area contributed by atoms with Crippen LogP contribution >= 0.6 is 0 Å². The van der Waals surface area contributed by atoms with Crippen molar-refractivity contribution >= 4 is 0 Å². The molecule has 2 unspecified atom stereocenters. The van der Waals surface area contributed by atoms with E-state index in [2.05, 4.69) is 10.2 Å². The fourth-order valence-electron chi connectivity index (χ4n) is 4.32. The molecule has 104 valence electrons. The van der Waals surface area contributed by atoms with Gasteiger partial charge in [-0.3, -0.25) is 4.90 Å². The Labute approximate surface area is 111 Å². The summed E-state index contributed by atoms with van der Waals surface area (Å²) in [6.45, 7) is 3.79. The minimum Gasteiger partial charge on any atom is -0.381 e. The lowest BCUT2D eigenvalue weighted by atomic mass is 9.96. The first-order valence-corrected chi connectivity index (χ1v) is 7.83. The molecule has 1 heterocycles. The minimum absolute atomic E-state index is 0.460. The molecule has 0 bridgehead atoms. The van der Waals surface area contributed by atoms with E-state index in [0.717, 1.165) is 6.04 Å². The molecule has 2 saturated carbocycles. The third kappa shape index (κ3) is 2.59. The molecule has 3 heteroatoms. The molecule has 0 radical (unpaired) electrons. The Bertz CT molecular complexity index is 276. The van der Waals surface area contributed by atoms with Crippen LogP contribution in [0.4, 0.5) is 0 Å². The van der Waals surface area contributed by atoms with Crippen LogP contribution in [0.5, 0.6) is 0 Å². The molecule has 1 aliphatic heterocycles. The molecular formula is C15H28N2O. The maximum Gasteiger partial charge on any atom is 0.0586 e. The van der Waals surface area contributed by atoms with Gasteiger partial charge in [0, 0.05) is 25.2 Å². The average Bonchev–Trinajstić information content (AvgIpc) is 2.97. The topological polar surface area (TPSA) is 24.5 Å². The van der Waals surface area contributed by atoms with Crippen LogP contribution in [0.25, 0.3) is 0 Å². The first-order valence-electron chi connectivity index (χ1n) is 7.83. The molecule has 1 N–H and O–H groups in total. The van der Waals surface area contributed by atoms with Crippen molar-refractivity contribution in [2.24, 2.45) is 0 Å². The molecule has 1 spiro atoms. The third-order valence-corrected chi connectivity index (χ3v) is 5.40. The molecule has 3 fully saturated rings. The summed E-state index contributed by atoms with van der Waals surface area (Å²) in [4.78, 5) is 2.78. The van der Waals surface area contributed by atoms with Crippen LogP contribution in [0.1, 0.15) is 51.4 Å². The lowest BCUT2D eigenvalue weighted by Gasteiger charge is -2.36. The van der Waals surface area contributed by atoms with Crippen LogP contribution in [0.3, 0.4) is 0 Å². The number of hydrogen-bond acceptors (Lipinski definition) is 3. The second kappa shape index (κ2) is 5.48. The van der Waals surface area contributed by atoms with Gasteiger partial charge in [0.1, 0.15) is 0 Å². The molecule has 1 saturated heterocycles. The zero-order valence-electron chi connectivity index (χ0n) is 11.8. The van der Waals surface area contributed by atoms with E-state index in [1.165, 1.54) is 71.0 Å². The zero-order valence-corrected chi connectivity index (χ0v) is 11.8. The highest BCUT2D eigenvalue weighted by Crippen LogP contribution is 2.34. The molecule has 3 nitrogen and oxygen atoms in total. The monoisotopic (exact) mass is 252 g/mol. The van der Waals surface area contributed by atoms with E-state index in [1.54, 1.807) is 0 Å². The number of nitrogens with zero attached hydrogens (tertiary/aromatic N) is 1. The predicted molar refractivity (Wildman–Crippen MR) is 73.8 cm³/mol. The molecule has 3 rings (SSSR count). The van der Waals surface area contributed by atoms with Crippen LogP contribution in [0.2, 0.25) is 0 Å². The van der Waals surface area contributed by atoms with Crippen LogP contribution in [-0.2, 0) is 4.74 Å². The summed E-state index contributed by atoms with van der Waals surface area (Å²) in [5.41, 5.74) is 0.460. The van der Waals surface area contributed by atoms with Crippen molar-refractivity contribution in [3.8, 4) is 0 Å². The lowest BCUT2D eigenvalue weighted by Crippen LogP contribution is -2.51. The van der Waals surface area contributed by atoms with Crippen molar-refractivity contribution in [3.63, 3.8) is 0 Å². The molecule has 0 aromatic carbocycles. The van der Waals surface area contributed by atoms with Gasteiger partial charge < -0.3 is 10.1 Å². The fraction of sp³-hybridized carbons (Fsp3) is 1.00. The normalized spacial score (nSPS) is 37.2. The molecule has 0 aromatic rings. The van der Waals surface area contributed by atoms with E-state index in [-0.39, 0.29) is 0 Å². The summed E-state index contributed by atoms with van der Waals surface area (Å²) in [7, 11) is 1.87. The van der Waals surface area contributed by atoms with E-state index < -0.39 is 0 Å². The van der Waals surface area contributed by atoms with Crippen molar-refractivity contribution in [2.45, 2.75) is 69.1 Å². The van der Waals surface area contributed by atoms with Crippen molar-refractivity contribution in [1.82, 2.24) is 10.2 Å². The van der Waals surface area contributed by atoms with Crippen LogP contribution < -0.4 is 5.32 Å². The van der Waals surface area contributed by atoms with Gasteiger partial charge in [0.25, 0.3) is 0 Å². The Morgan fingerprint density at radius 1 is 1.17 bits per heavy atom. The summed E-state index contributed by atoms with van der Waals surface area (Å²) >= 11 is 0. The van der Waals surface area contributed by atoms with Gasteiger partial charge in [0.15, 0.2) is 0 Å². The maximum atomic E-state index is 5.54. The highest BCUT2D eigenvalue weighted by atomic mass is 16.5. The fourth-order valence-corrected chi connectivity index (χ4v) is 4.32. The van der Waals surface area contributed by atoms with Gasteiger partial charge in [-0.25, -0.2) is 0 Å². The van der Waals surface area contributed by atoms with Crippen molar-refractivity contribution in [2.75, 3.05) is 26.7 Å². The molecule has 3 aliphatic rings. The molecular weight excluding hydrogens is 224 g/mol. The van der Waals surface area contributed by atoms with Gasteiger partial charge in [-0.2, -0.15) is 0 Å². The standard InChI is InChI=1S/C15H28N2O/c1-18-14-6-5-13(11-14)17-10-4-9-16-15(12-17)7-2-3-8-15/h13-14,16H,2-12H2,1H3. The molecule has 18 heavy (non-hydrogen) atoms. The highest BCUT2D eigenvalue weighted by Gasteiger charge is 2.39. The van der Waals surface area contributed by atoms with Crippen LogP contribution in [0, 0.1) is 0 Å². The second-order valence-electron chi connectivity index (χ2n) is 6.56. The predicted octanol–water partition coefficient (Wildman–Crippen LogP) is 2.16. The number of ether oxygens (including phenoxy) is 1. The van der Waals surface area contributed by atoms with Gasteiger partial charge in [0.05, 0.1) is 6.10 Å². The van der Waals surface area contributed by atoms with Gasteiger partial charge in [-0.1, -0.05) is 12.8 Å². The quantitative estimate of drug-likeness (QED) is 0.815. The minimum atomic E-state index is 0.460. The average molecular weight is 252 g/mol. The van der Waals surface area contributed by atoms with Crippen molar-refractivity contribution < 1.29 is 4.74 Å². The largest absolute Gasteiger partial charge is 0.381 e. The van der Waals surface area contributed by atoms with Crippen molar-refractivity contribution in [1.29, 1.82) is 0 Å². The summed E-state index contributed by atoms with van der Waals surface area (Å²) in [5.74, 6) is 0. The van der Waals surface area contributed by atoms with E-state index in [4.69, 9.17) is 4.74 Å². The Morgan fingerprint density at radius 3 is 2.72 bits per heavy atom. The van der Waals surface area contributed by atoms with Crippen LogP contribution in [-0.4, -0.2) is 49.3 Å². The first-order chi connectivity index (χ1) is 8.81. The Balaban J connectivity index is 1.64. The van der Waals surface area contributed by atoms with Gasteiger partial charge in [-0.15, -0.1) is 0 Å². The first kappa shape index (κ1) is 12.9. The Hall–Kier alpha value is -0.120. The summed E-state index contributed by atoms with van der Waals surface area (Å²) in [5, 5.41) is 3.86. The van der Waals surface area contributed by atoms with E-state index in [1.807, 2.05) is 7.11 Å². The van der Waals surface area contributed by atoms with E-state index in [9.17, 15) is 0 Å². The number of hydrogen-bond donors (Lipinski definition) is 1. The van der Waals surface area contributed by atoms with Crippen molar-refractivity contribution in [3.05, 3.63) is 0 Å². The summed E-state index contributed by atoms with van der Waals surface area (Å²) in [6.07, 6.45) is 11.3. The Kier molecular flexibility index (Phi) is 3.92. The lowest BCUT2D eigenvalue weighted by molar-refractivity contribution is 0.0922. The summed E-state index contributed by atoms with van der Waals surface area (Å²) < 4.78 is 5.54. The number of rotatable bonds is 2. The van der Waals surface area contributed by atoms with E-state index >= 15 is 0 Å². The smallest absolute Gasteiger partial charge is 0.0586 e. The highest BCUT2D eigenvalue weighted by molar-refractivity contribution is 4.99. The Morgan fingerprint density at radius 2 is 2.00 bits per heavy atom. The van der Waals surface area contributed by atoms with Gasteiger partial charge in [0.2, 0.25) is 0 Å². The van der Waals surface area contributed by atoms with E-state index in [0.29, 0.717) is 11.6 Å². The molecule has 0 amide bonds.